The highest BCUT2D eigenvalue weighted by Gasteiger charge is 2.40. The number of imide groups is 1. The predicted molar refractivity (Wildman–Crippen MR) is 246 cm³/mol. The number of anilines is 2. The number of hydrogen-bond acceptors (Lipinski definition) is 13. The van der Waals surface area contributed by atoms with Crippen LogP contribution in [0.25, 0.3) is 6.08 Å². The van der Waals surface area contributed by atoms with Gasteiger partial charge in [-0.05, 0) is 86.4 Å². The van der Waals surface area contributed by atoms with Crippen molar-refractivity contribution in [2.45, 2.75) is 76.4 Å². The maximum Gasteiger partial charge on any atom is 0.274 e. The van der Waals surface area contributed by atoms with Crippen LogP contribution in [0.5, 0.6) is 0 Å². The van der Waals surface area contributed by atoms with Gasteiger partial charge in [0.05, 0.1) is 6.61 Å². The Morgan fingerprint density at radius 2 is 1.65 bits per heavy atom. The molecule has 4 fully saturated rings. The molecule has 350 valence electrons. The smallest absolute Gasteiger partial charge is 0.274 e. The largest absolute Gasteiger partial charge is 0.382 e. The molecule has 5 aliphatic heterocycles. The molecule has 0 bridgehead atoms. The Kier molecular flexibility index (Phi) is 15.6. The van der Waals surface area contributed by atoms with E-state index < -0.39 is 11.9 Å². The van der Waals surface area contributed by atoms with Crippen molar-refractivity contribution in [3.8, 4) is 0 Å². The minimum Gasteiger partial charge on any atom is -0.382 e. The van der Waals surface area contributed by atoms with E-state index in [1.54, 1.807) is 36.7 Å². The molecule has 6 amide bonds. The zero-order chi connectivity index (χ0) is 45.8. The van der Waals surface area contributed by atoms with Gasteiger partial charge in [0.2, 0.25) is 23.6 Å². The first kappa shape index (κ1) is 46.3. The molecule has 8 rings (SSSR count). The molecule has 66 heavy (non-hydrogen) atoms. The molecule has 3 N–H and O–H groups in total. The molecule has 1 aromatic carbocycles. The fourth-order valence-electron chi connectivity index (χ4n) is 9.73. The van der Waals surface area contributed by atoms with Crippen molar-refractivity contribution in [3.05, 3.63) is 83.3 Å². The number of carbonyl (C=O) groups excluding carboxylic acids is 6. The molecule has 7 heterocycles. The molecule has 2 aromatic heterocycles. The summed E-state index contributed by atoms with van der Waals surface area (Å²) in [5, 5.41) is 17.4. The quantitative estimate of drug-likeness (QED) is 0.102. The summed E-state index contributed by atoms with van der Waals surface area (Å²) in [6.45, 7) is 7.71. The summed E-state index contributed by atoms with van der Waals surface area (Å²) in [6.07, 6.45) is 14.2. The Balaban J connectivity index is 0.671. The number of hydrogen-bond donors (Lipinski definition) is 3. The zero-order valence-corrected chi connectivity index (χ0v) is 37.6. The van der Waals surface area contributed by atoms with Crippen molar-refractivity contribution in [1.29, 1.82) is 0 Å². The average Bonchev–Trinajstić information content (AvgIpc) is 3.69. The number of ether oxygens (including phenoxy) is 1. The lowest BCUT2D eigenvalue weighted by Gasteiger charge is -2.43. The Labute approximate surface area is 385 Å². The highest BCUT2D eigenvalue weighted by molar-refractivity contribution is 6.06. The Morgan fingerprint density at radius 3 is 2.39 bits per heavy atom. The highest BCUT2D eigenvalue weighted by Crippen LogP contribution is 2.32. The summed E-state index contributed by atoms with van der Waals surface area (Å²) in [4.78, 5) is 89.7. The lowest BCUT2D eigenvalue weighted by Crippen LogP contribution is -2.55. The fourth-order valence-corrected chi connectivity index (χ4v) is 9.73. The van der Waals surface area contributed by atoms with Crippen LogP contribution < -0.4 is 20.9 Å². The number of aromatic nitrogens is 3. The third kappa shape index (κ3) is 11.8. The van der Waals surface area contributed by atoms with Crippen LogP contribution in [-0.2, 0) is 30.5 Å². The number of nitrogens with zero attached hydrogens (tertiary/aromatic N) is 8. The van der Waals surface area contributed by atoms with Gasteiger partial charge in [0.25, 0.3) is 11.8 Å². The van der Waals surface area contributed by atoms with Crippen LogP contribution in [0.15, 0.2) is 60.9 Å². The number of nitrogens with one attached hydrogen (secondary N) is 3. The molecule has 0 aliphatic carbocycles. The molecule has 1 atom stereocenters. The molecule has 0 radical (unpaired) electrons. The van der Waals surface area contributed by atoms with E-state index in [1.807, 2.05) is 34.1 Å². The van der Waals surface area contributed by atoms with Crippen molar-refractivity contribution < 1.29 is 33.5 Å². The van der Waals surface area contributed by atoms with Gasteiger partial charge >= 0.3 is 0 Å². The predicted octanol–water partition coefficient (Wildman–Crippen LogP) is 2.73. The average molecular weight is 904 g/mol. The van der Waals surface area contributed by atoms with E-state index in [-0.39, 0.29) is 49.1 Å². The maximum atomic E-state index is 13.3. The van der Waals surface area contributed by atoms with Crippen molar-refractivity contribution in [2.75, 3.05) is 88.9 Å². The molecule has 0 saturated carbocycles. The zero-order valence-electron chi connectivity index (χ0n) is 37.6. The van der Waals surface area contributed by atoms with Gasteiger partial charge in [0.1, 0.15) is 12.6 Å². The van der Waals surface area contributed by atoms with Crippen LogP contribution in [0.4, 0.5) is 11.5 Å². The number of carbonyl (C=O) groups is 6. The van der Waals surface area contributed by atoms with Gasteiger partial charge < -0.3 is 35.0 Å². The Morgan fingerprint density at radius 1 is 0.833 bits per heavy atom. The number of unbranched alkanes of at least 4 members (excludes halogenated alkanes) is 1. The van der Waals surface area contributed by atoms with E-state index in [2.05, 4.69) is 40.9 Å². The molecule has 3 aromatic rings. The summed E-state index contributed by atoms with van der Waals surface area (Å²) in [7, 11) is 0. The lowest BCUT2D eigenvalue weighted by molar-refractivity contribution is -0.138. The fraction of sp³-hybridized carbons (Fsp3) is 0.521. The first-order valence-electron chi connectivity index (χ1n) is 23.5. The van der Waals surface area contributed by atoms with Crippen molar-refractivity contribution >= 4 is 53.0 Å². The first-order chi connectivity index (χ1) is 32.2. The topological polar surface area (TPSA) is 203 Å². The molecular weight excluding hydrogens is 843 g/mol. The number of pyridine rings is 1. The molecule has 18 heteroatoms. The number of piperidine rings is 3. The third-order valence-corrected chi connectivity index (χ3v) is 13.6. The summed E-state index contributed by atoms with van der Waals surface area (Å²) in [6, 6.07) is 12.6. The second-order valence-corrected chi connectivity index (χ2v) is 17.8. The number of benzene rings is 1. The molecular formula is C48H61N11O7. The van der Waals surface area contributed by atoms with Crippen molar-refractivity contribution in [1.82, 2.24) is 45.4 Å². The second-order valence-electron chi connectivity index (χ2n) is 17.8. The number of piperazine rings is 1. The number of fused-ring (bicyclic) bond motifs is 1. The number of amides is 6. The molecule has 1 unspecified atom stereocenters. The van der Waals surface area contributed by atoms with Gasteiger partial charge in [0.15, 0.2) is 11.5 Å². The lowest BCUT2D eigenvalue weighted by atomic mass is 9.91. The third-order valence-electron chi connectivity index (χ3n) is 13.6. The van der Waals surface area contributed by atoms with Gasteiger partial charge in [0, 0.05) is 120 Å². The maximum absolute atomic E-state index is 13.3. The van der Waals surface area contributed by atoms with Crippen LogP contribution >= 0.6 is 0 Å². The van der Waals surface area contributed by atoms with Crippen molar-refractivity contribution in [3.63, 3.8) is 0 Å². The van der Waals surface area contributed by atoms with E-state index in [1.165, 1.54) is 11.0 Å². The monoisotopic (exact) mass is 903 g/mol. The Bertz CT molecular complexity index is 2220. The van der Waals surface area contributed by atoms with E-state index in [4.69, 9.17) is 4.74 Å². The van der Waals surface area contributed by atoms with Crippen LogP contribution in [0.2, 0.25) is 0 Å². The normalized spacial score (nSPS) is 19.9. The van der Waals surface area contributed by atoms with Gasteiger partial charge in [-0.1, -0.05) is 25.0 Å². The van der Waals surface area contributed by atoms with E-state index in [0.29, 0.717) is 75.5 Å². The highest BCUT2D eigenvalue weighted by atomic mass is 16.5. The molecule has 0 spiro atoms. The molecule has 5 aliphatic rings. The number of rotatable bonds is 17. The SMILES string of the molecule is O=C(/C=C/c1cccnc1)NCCCCC1CCN(C(=O)c2ccc(N3CCC(N4CCN(C(=O)COCCNc5cccc6c5CN(C5CCC(=O)NC5=O)C6=O)CC4)CC3)nn2)CC1. The molecule has 4 saturated heterocycles. The minimum absolute atomic E-state index is 0.00315. The number of likely N-dealkylation sites (tertiary alicyclic amines) is 1. The molecule has 18 nitrogen and oxygen atoms in total. The van der Waals surface area contributed by atoms with Gasteiger partial charge in [-0.25, -0.2) is 0 Å². The van der Waals surface area contributed by atoms with E-state index in [0.717, 1.165) is 93.8 Å². The van der Waals surface area contributed by atoms with Crippen molar-refractivity contribution in [2.24, 2.45) is 5.92 Å². The van der Waals surface area contributed by atoms with E-state index in [9.17, 15) is 28.8 Å². The Hall–Kier alpha value is -6.27. The van der Waals surface area contributed by atoms with E-state index >= 15 is 0 Å². The summed E-state index contributed by atoms with van der Waals surface area (Å²) in [5.41, 5.74) is 3.40. The standard InChI is InChI=1S/C48H61N11O7/c60-43(13-9-35-6-4-19-49-31-35)51-20-2-1-5-34-15-22-58(23-16-34)48(65)40-10-12-42(54-53-40)56-24-17-36(18-25-56)55-26-28-57(29-27-55)45(62)33-66-30-21-50-39-8-3-7-37-38(39)32-59(47(37)64)41-11-14-44(61)52-46(41)63/h3-4,6-10,12-13,19,31,34,36,41,50H,1-2,5,11,14-18,20-30,32-33H2,(H,51,60)(H,52,61,63)/b13-9+. The van der Waals surface area contributed by atoms with Crippen LogP contribution in [0.1, 0.15) is 89.8 Å². The van der Waals surface area contributed by atoms with Gasteiger partial charge in [-0.3, -0.25) is 44.0 Å². The van der Waals surface area contributed by atoms with Crippen LogP contribution in [-0.4, -0.2) is 161 Å². The minimum atomic E-state index is -0.670. The van der Waals surface area contributed by atoms with Gasteiger partial charge in [-0.2, -0.15) is 0 Å². The summed E-state index contributed by atoms with van der Waals surface area (Å²) in [5.74, 6) is 0.186. The van der Waals surface area contributed by atoms with Crippen LogP contribution in [0, 0.1) is 5.92 Å². The summed E-state index contributed by atoms with van der Waals surface area (Å²) >= 11 is 0. The second kappa shape index (κ2) is 22.3. The van der Waals surface area contributed by atoms with Gasteiger partial charge in [-0.15, -0.1) is 10.2 Å². The van der Waals surface area contributed by atoms with Crippen LogP contribution in [0.3, 0.4) is 0 Å². The summed E-state index contributed by atoms with van der Waals surface area (Å²) < 4.78 is 5.76. The first-order valence-corrected chi connectivity index (χ1v) is 23.5.